The summed E-state index contributed by atoms with van der Waals surface area (Å²) < 4.78 is 2.82. The molecule has 0 spiro atoms. The highest BCUT2D eigenvalue weighted by atomic mass is 16.1. The Morgan fingerprint density at radius 3 is 2.80 bits per heavy atom. The second kappa shape index (κ2) is 2.94. The molecular weight excluding hydrogens is 196 g/mol. The maximum absolute atomic E-state index is 11.5. The molecular formula is C9H10N4O2. The maximum atomic E-state index is 11.5. The number of nitrogens with two attached hydrogens (primary N) is 1. The van der Waals surface area contributed by atoms with Crippen LogP contribution in [0, 0.1) is 6.92 Å². The van der Waals surface area contributed by atoms with Crippen LogP contribution in [0.25, 0.3) is 5.65 Å². The third-order valence-corrected chi connectivity index (χ3v) is 2.27. The highest BCUT2D eigenvalue weighted by molar-refractivity contribution is 5.99. The Morgan fingerprint density at radius 1 is 1.53 bits per heavy atom. The Kier molecular flexibility index (Phi) is 1.85. The fourth-order valence-electron chi connectivity index (χ4n) is 1.60. The molecule has 78 valence electrons. The first kappa shape index (κ1) is 9.45. The van der Waals surface area contributed by atoms with Crippen LogP contribution in [-0.2, 0) is 7.05 Å². The molecule has 0 unspecified atom stereocenters. The second-order valence-corrected chi connectivity index (χ2v) is 3.32. The lowest BCUT2D eigenvalue weighted by atomic mass is 10.2. The molecule has 2 rings (SSSR count). The van der Waals surface area contributed by atoms with Gasteiger partial charge in [0.1, 0.15) is 5.56 Å². The molecule has 0 aromatic carbocycles. The number of fused-ring (bicyclic) bond motifs is 1. The van der Waals surface area contributed by atoms with Gasteiger partial charge in [0.15, 0.2) is 5.65 Å². The molecule has 0 aliphatic carbocycles. The quantitative estimate of drug-likeness (QED) is 0.679. The van der Waals surface area contributed by atoms with Crippen molar-refractivity contribution in [3.63, 3.8) is 0 Å². The minimum absolute atomic E-state index is 0.279. The van der Waals surface area contributed by atoms with E-state index in [1.165, 1.54) is 10.6 Å². The van der Waals surface area contributed by atoms with E-state index in [4.69, 9.17) is 5.73 Å². The summed E-state index contributed by atoms with van der Waals surface area (Å²) in [7, 11) is 1.72. The van der Waals surface area contributed by atoms with Crippen LogP contribution in [0.5, 0.6) is 0 Å². The normalized spacial score (nSPS) is 10.8. The molecule has 1 amide bonds. The van der Waals surface area contributed by atoms with Crippen molar-refractivity contribution in [2.75, 3.05) is 0 Å². The van der Waals surface area contributed by atoms with E-state index in [9.17, 15) is 9.59 Å². The summed E-state index contributed by atoms with van der Waals surface area (Å²) in [5, 5.41) is 3.98. The van der Waals surface area contributed by atoms with E-state index >= 15 is 0 Å². The van der Waals surface area contributed by atoms with E-state index in [1.807, 2.05) is 0 Å². The molecule has 0 fully saturated rings. The number of carbonyl (C=O) groups excluding carboxylic acids is 1. The first-order valence-corrected chi connectivity index (χ1v) is 4.37. The van der Waals surface area contributed by atoms with Gasteiger partial charge in [0.05, 0.1) is 5.69 Å². The zero-order chi connectivity index (χ0) is 11.2. The molecule has 0 aliphatic heterocycles. The van der Waals surface area contributed by atoms with Crippen LogP contribution in [0.15, 0.2) is 17.1 Å². The Labute approximate surface area is 84.9 Å². The van der Waals surface area contributed by atoms with Crippen LogP contribution in [-0.4, -0.2) is 20.1 Å². The SMILES string of the molecule is Cc1nn2c(=O)ccn(C)c2c1C(N)=O. The van der Waals surface area contributed by atoms with E-state index < -0.39 is 5.91 Å². The molecule has 2 heterocycles. The maximum Gasteiger partial charge on any atom is 0.274 e. The molecule has 0 saturated carbocycles. The van der Waals surface area contributed by atoms with Gasteiger partial charge in [-0.25, -0.2) is 0 Å². The lowest BCUT2D eigenvalue weighted by Gasteiger charge is -2.01. The van der Waals surface area contributed by atoms with E-state index in [1.54, 1.807) is 24.7 Å². The smallest absolute Gasteiger partial charge is 0.274 e. The van der Waals surface area contributed by atoms with Gasteiger partial charge in [-0.2, -0.15) is 9.61 Å². The van der Waals surface area contributed by atoms with Crippen LogP contribution < -0.4 is 11.3 Å². The molecule has 2 aromatic heterocycles. The molecule has 2 aromatic rings. The molecule has 15 heavy (non-hydrogen) atoms. The second-order valence-electron chi connectivity index (χ2n) is 3.32. The molecule has 0 atom stereocenters. The standard InChI is InChI=1S/C9H10N4O2/c1-5-7(8(10)15)9-12(2)4-3-6(14)13(9)11-5/h3-4H,1-2H3,(H2,10,15). The lowest BCUT2D eigenvalue weighted by Crippen LogP contribution is -2.18. The van der Waals surface area contributed by atoms with Crippen LogP contribution in [0.2, 0.25) is 0 Å². The van der Waals surface area contributed by atoms with Crippen molar-refractivity contribution >= 4 is 11.6 Å². The third-order valence-electron chi connectivity index (χ3n) is 2.27. The number of primary amides is 1. The van der Waals surface area contributed by atoms with Gasteiger partial charge in [-0.1, -0.05) is 0 Å². The molecule has 0 radical (unpaired) electrons. The van der Waals surface area contributed by atoms with Crippen LogP contribution in [0.1, 0.15) is 16.1 Å². The molecule has 2 N–H and O–H groups in total. The number of aryl methyl sites for hydroxylation is 2. The fourth-order valence-corrected chi connectivity index (χ4v) is 1.60. The van der Waals surface area contributed by atoms with Crippen molar-refractivity contribution in [2.24, 2.45) is 12.8 Å². The fraction of sp³-hybridized carbons (Fsp3) is 0.222. The van der Waals surface area contributed by atoms with E-state index in [0.29, 0.717) is 11.3 Å². The molecule has 0 aliphatic rings. The minimum atomic E-state index is -0.580. The summed E-state index contributed by atoms with van der Waals surface area (Å²) >= 11 is 0. The lowest BCUT2D eigenvalue weighted by molar-refractivity contribution is 0.100. The van der Waals surface area contributed by atoms with Gasteiger partial charge in [-0.05, 0) is 6.92 Å². The first-order chi connectivity index (χ1) is 7.02. The van der Waals surface area contributed by atoms with Gasteiger partial charge in [-0.15, -0.1) is 0 Å². The molecule has 6 nitrogen and oxygen atoms in total. The summed E-state index contributed by atoms with van der Waals surface area (Å²) in [5.74, 6) is -0.580. The van der Waals surface area contributed by atoms with E-state index in [2.05, 4.69) is 5.10 Å². The Hall–Kier alpha value is -2.11. The topological polar surface area (TPSA) is 82.4 Å². The zero-order valence-electron chi connectivity index (χ0n) is 8.39. The third kappa shape index (κ3) is 1.22. The predicted octanol–water partition coefficient (Wildman–Crippen LogP) is -0.560. The van der Waals surface area contributed by atoms with Gasteiger partial charge in [0, 0.05) is 19.3 Å². The van der Waals surface area contributed by atoms with Gasteiger partial charge in [0.2, 0.25) is 0 Å². The van der Waals surface area contributed by atoms with Crippen molar-refractivity contribution in [1.29, 1.82) is 0 Å². The van der Waals surface area contributed by atoms with Crippen molar-refractivity contribution in [3.05, 3.63) is 33.9 Å². The molecule has 0 saturated heterocycles. The average molecular weight is 206 g/mol. The van der Waals surface area contributed by atoms with Gasteiger partial charge in [-0.3, -0.25) is 9.59 Å². The van der Waals surface area contributed by atoms with Crippen molar-refractivity contribution in [1.82, 2.24) is 14.2 Å². The monoisotopic (exact) mass is 206 g/mol. The molecule has 0 bridgehead atoms. The van der Waals surface area contributed by atoms with Gasteiger partial charge >= 0.3 is 0 Å². The number of hydrogen-bond donors (Lipinski definition) is 1. The van der Waals surface area contributed by atoms with Crippen molar-refractivity contribution in [3.8, 4) is 0 Å². The summed E-state index contributed by atoms with van der Waals surface area (Å²) in [6.45, 7) is 1.65. The van der Waals surface area contributed by atoms with E-state index in [-0.39, 0.29) is 11.1 Å². The highest BCUT2D eigenvalue weighted by Gasteiger charge is 2.17. The van der Waals surface area contributed by atoms with Crippen LogP contribution in [0.3, 0.4) is 0 Å². The average Bonchev–Trinajstić information content (AvgIpc) is 2.50. The Balaban J connectivity index is 3.05. The van der Waals surface area contributed by atoms with Crippen molar-refractivity contribution in [2.45, 2.75) is 6.92 Å². The van der Waals surface area contributed by atoms with Gasteiger partial charge < -0.3 is 10.3 Å². The number of hydrogen-bond acceptors (Lipinski definition) is 3. The summed E-state index contributed by atoms with van der Waals surface area (Å²) in [6, 6.07) is 1.38. The largest absolute Gasteiger partial charge is 0.365 e. The number of carbonyl (C=O) groups is 1. The Bertz CT molecular complexity index is 608. The zero-order valence-corrected chi connectivity index (χ0v) is 8.39. The summed E-state index contributed by atoms with van der Waals surface area (Å²) in [6.07, 6.45) is 1.57. The highest BCUT2D eigenvalue weighted by Crippen LogP contribution is 2.11. The van der Waals surface area contributed by atoms with E-state index in [0.717, 1.165) is 0 Å². The number of nitrogens with zero attached hydrogens (tertiary/aromatic N) is 3. The number of amides is 1. The summed E-state index contributed by atoms with van der Waals surface area (Å²) in [4.78, 5) is 22.7. The minimum Gasteiger partial charge on any atom is -0.365 e. The number of aromatic nitrogens is 3. The van der Waals surface area contributed by atoms with Crippen LogP contribution >= 0.6 is 0 Å². The first-order valence-electron chi connectivity index (χ1n) is 4.37. The Morgan fingerprint density at radius 2 is 2.20 bits per heavy atom. The van der Waals surface area contributed by atoms with Crippen LogP contribution in [0.4, 0.5) is 0 Å². The summed E-state index contributed by atoms with van der Waals surface area (Å²) in [5.41, 5.74) is 6.13. The van der Waals surface area contributed by atoms with Gasteiger partial charge in [0.25, 0.3) is 11.5 Å². The predicted molar refractivity (Wildman–Crippen MR) is 53.7 cm³/mol. The number of rotatable bonds is 1. The molecule has 6 heteroatoms. The van der Waals surface area contributed by atoms with Crippen molar-refractivity contribution < 1.29 is 4.79 Å².